The number of ether oxygens (including phenoxy) is 1. The van der Waals surface area contributed by atoms with E-state index in [4.69, 9.17) is 10.5 Å². The molecule has 3 rings (SSSR count). The Morgan fingerprint density at radius 3 is 2.63 bits per heavy atom. The molecule has 30 heavy (non-hydrogen) atoms. The average Bonchev–Trinajstić information content (AvgIpc) is 3.21. The minimum absolute atomic E-state index is 0.0669. The number of fused-ring (bicyclic) bond motifs is 1. The Labute approximate surface area is 183 Å². The van der Waals surface area contributed by atoms with Crippen LogP contribution in [-0.4, -0.2) is 29.1 Å². The van der Waals surface area contributed by atoms with Crippen LogP contribution in [0.3, 0.4) is 0 Å². The maximum absolute atomic E-state index is 13.0. The lowest BCUT2D eigenvalue weighted by atomic mass is 9.95. The summed E-state index contributed by atoms with van der Waals surface area (Å²) in [5.41, 5.74) is 10.3. The van der Waals surface area contributed by atoms with Crippen LogP contribution >= 0.6 is 11.8 Å². The van der Waals surface area contributed by atoms with Gasteiger partial charge in [-0.1, -0.05) is 62.2 Å². The summed E-state index contributed by atoms with van der Waals surface area (Å²) in [5.74, 6) is 0.635. The predicted octanol–water partition coefficient (Wildman–Crippen LogP) is 6.08. The zero-order valence-corrected chi connectivity index (χ0v) is 18.7. The first-order valence-electron chi connectivity index (χ1n) is 10.8. The van der Waals surface area contributed by atoms with Gasteiger partial charge in [0.2, 0.25) is 0 Å². The van der Waals surface area contributed by atoms with E-state index in [-0.39, 0.29) is 12.1 Å². The number of hydrogen-bond acceptors (Lipinski definition) is 4. The SMILES string of the molecule is CCCCCC(CCSC)OC(=O)[C@@H](N)c1ccccc1-c1c[nH]c2ccccc12. The second-order valence-corrected chi connectivity index (χ2v) is 8.63. The summed E-state index contributed by atoms with van der Waals surface area (Å²) in [4.78, 5) is 16.3. The fraction of sp³-hybridized carbons (Fsp3) is 0.400. The van der Waals surface area contributed by atoms with Crippen LogP contribution in [0.4, 0.5) is 0 Å². The van der Waals surface area contributed by atoms with Crippen LogP contribution in [0.15, 0.2) is 54.7 Å². The normalized spacial score (nSPS) is 13.3. The summed E-state index contributed by atoms with van der Waals surface area (Å²) in [7, 11) is 0. The van der Waals surface area contributed by atoms with Gasteiger partial charge in [-0.05, 0) is 48.5 Å². The number of benzene rings is 2. The number of thioether (sulfide) groups is 1. The van der Waals surface area contributed by atoms with Crippen molar-refractivity contribution in [2.75, 3.05) is 12.0 Å². The molecule has 3 aromatic rings. The highest BCUT2D eigenvalue weighted by molar-refractivity contribution is 7.98. The Kier molecular flexibility index (Phi) is 8.40. The molecule has 4 nitrogen and oxygen atoms in total. The number of nitrogens with two attached hydrogens (primary N) is 1. The van der Waals surface area contributed by atoms with Crippen molar-refractivity contribution in [3.8, 4) is 11.1 Å². The van der Waals surface area contributed by atoms with E-state index in [9.17, 15) is 4.79 Å². The van der Waals surface area contributed by atoms with Crippen LogP contribution in [0, 0.1) is 0 Å². The molecule has 0 aliphatic rings. The van der Waals surface area contributed by atoms with E-state index in [0.29, 0.717) is 0 Å². The topological polar surface area (TPSA) is 68.1 Å². The summed E-state index contributed by atoms with van der Waals surface area (Å²) in [6.07, 6.45) is 9.14. The lowest BCUT2D eigenvalue weighted by Crippen LogP contribution is -2.29. The molecule has 0 spiro atoms. The van der Waals surface area contributed by atoms with E-state index in [0.717, 1.165) is 65.5 Å². The summed E-state index contributed by atoms with van der Waals surface area (Å²) >= 11 is 1.78. The Bertz CT molecular complexity index is 953. The van der Waals surface area contributed by atoms with Gasteiger partial charge in [0.1, 0.15) is 12.1 Å². The van der Waals surface area contributed by atoms with Crippen molar-refractivity contribution < 1.29 is 9.53 Å². The van der Waals surface area contributed by atoms with Gasteiger partial charge in [0, 0.05) is 22.7 Å². The van der Waals surface area contributed by atoms with Gasteiger partial charge in [-0.25, -0.2) is 4.79 Å². The summed E-state index contributed by atoms with van der Waals surface area (Å²) in [5, 5.41) is 1.11. The second-order valence-electron chi connectivity index (χ2n) is 7.65. The highest BCUT2D eigenvalue weighted by Gasteiger charge is 2.24. The number of esters is 1. The number of carbonyl (C=O) groups is 1. The molecule has 0 saturated carbocycles. The first-order valence-corrected chi connectivity index (χ1v) is 12.2. The third-order valence-electron chi connectivity index (χ3n) is 5.49. The van der Waals surface area contributed by atoms with Crippen LogP contribution in [0.2, 0.25) is 0 Å². The fourth-order valence-electron chi connectivity index (χ4n) is 3.81. The monoisotopic (exact) mass is 424 g/mol. The second kappa shape index (κ2) is 11.2. The van der Waals surface area contributed by atoms with Crippen LogP contribution < -0.4 is 5.73 Å². The number of H-pyrrole nitrogens is 1. The van der Waals surface area contributed by atoms with Crippen molar-refractivity contribution in [3.63, 3.8) is 0 Å². The lowest BCUT2D eigenvalue weighted by molar-refractivity contribution is -0.151. The standard InChI is InChI=1S/C25H32N2O2S/c1-3-4-5-10-18(15-16-30-2)29-25(28)24(26)21-13-7-6-11-19(21)22-17-27-23-14-9-8-12-20(22)23/h6-9,11-14,17-18,24,27H,3-5,10,15-16,26H2,1-2H3/t18?,24-/m0/s1. The quantitative estimate of drug-likeness (QED) is 0.289. The molecular weight excluding hydrogens is 392 g/mol. The molecule has 0 saturated heterocycles. The summed E-state index contributed by atoms with van der Waals surface area (Å²) in [6, 6.07) is 15.2. The minimum atomic E-state index is -0.808. The van der Waals surface area contributed by atoms with Crippen LogP contribution in [0.5, 0.6) is 0 Å². The molecule has 0 radical (unpaired) electrons. The van der Waals surface area contributed by atoms with E-state index in [1.807, 2.05) is 48.7 Å². The van der Waals surface area contributed by atoms with E-state index in [1.165, 1.54) is 0 Å². The van der Waals surface area contributed by atoms with E-state index in [1.54, 1.807) is 11.8 Å². The number of carbonyl (C=O) groups excluding carboxylic acids is 1. The van der Waals surface area contributed by atoms with Crippen molar-refractivity contribution in [1.82, 2.24) is 4.98 Å². The molecular formula is C25H32N2O2S. The molecule has 0 bridgehead atoms. The van der Waals surface area contributed by atoms with E-state index < -0.39 is 6.04 Å². The zero-order valence-electron chi connectivity index (χ0n) is 17.9. The molecule has 3 N–H and O–H groups in total. The molecule has 1 unspecified atom stereocenters. The van der Waals surface area contributed by atoms with E-state index in [2.05, 4.69) is 24.2 Å². The molecule has 1 aromatic heterocycles. The van der Waals surface area contributed by atoms with Crippen molar-refractivity contribution in [2.24, 2.45) is 5.73 Å². The molecule has 2 atom stereocenters. The highest BCUT2D eigenvalue weighted by Crippen LogP contribution is 2.33. The molecule has 2 aromatic carbocycles. The van der Waals surface area contributed by atoms with Crippen molar-refractivity contribution in [2.45, 2.75) is 51.2 Å². The number of unbranched alkanes of at least 4 members (excludes halogenated alkanes) is 2. The van der Waals surface area contributed by atoms with Gasteiger partial charge in [-0.15, -0.1) is 0 Å². The van der Waals surface area contributed by atoms with Crippen molar-refractivity contribution in [1.29, 1.82) is 0 Å². The Balaban J connectivity index is 1.80. The van der Waals surface area contributed by atoms with Gasteiger partial charge in [0.05, 0.1) is 0 Å². The average molecular weight is 425 g/mol. The first kappa shape index (κ1) is 22.4. The number of rotatable bonds is 11. The fourth-order valence-corrected chi connectivity index (χ4v) is 4.30. The number of para-hydroxylation sites is 1. The van der Waals surface area contributed by atoms with Gasteiger partial charge in [-0.3, -0.25) is 0 Å². The maximum atomic E-state index is 13.0. The third kappa shape index (κ3) is 5.46. The van der Waals surface area contributed by atoms with Crippen LogP contribution in [0.1, 0.15) is 50.6 Å². The maximum Gasteiger partial charge on any atom is 0.327 e. The zero-order chi connectivity index (χ0) is 21.3. The number of aromatic amines is 1. The Morgan fingerprint density at radius 2 is 1.83 bits per heavy atom. The Hall–Kier alpha value is -2.24. The number of aromatic nitrogens is 1. The van der Waals surface area contributed by atoms with Gasteiger partial charge >= 0.3 is 5.97 Å². The summed E-state index contributed by atoms with van der Waals surface area (Å²) in [6.45, 7) is 2.18. The Morgan fingerprint density at radius 1 is 1.07 bits per heavy atom. The van der Waals surface area contributed by atoms with Gasteiger partial charge in [-0.2, -0.15) is 11.8 Å². The predicted molar refractivity (Wildman–Crippen MR) is 128 cm³/mol. The minimum Gasteiger partial charge on any atom is -0.461 e. The third-order valence-corrected chi connectivity index (χ3v) is 6.13. The van der Waals surface area contributed by atoms with Crippen molar-refractivity contribution >= 4 is 28.6 Å². The molecule has 0 fully saturated rings. The van der Waals surface area contributed by atoms with E-state index >= 15 is 0 Å². The molecule has 1 heterocycles. The summed E-state index contributed by atoms with van der Waals surface area (Å²) < 4.78 is 5.89. The van der Waals surface area contributed by atoms with Crippen molar-refractivity contribution in [3.05, 3.63) is 60.3 Å². The van der Waals surface area contributed by atoms with Crippen LogP contribution in [-0.2, 0) is 9.53 Å². The molecule has 0 aliphatic heterocycles. The lowest BCUT2D eigenvalue weighted by Gasteiger charge is -2.21. The van der Waals surface area contributed by atoms with Gasteiger partial charge in [0.15, 0.2) is 0 Å². The molecule has 0 amide bonds. The largest absolute Gasteiger partial charge is 0.461 e. The smallest absolute Gasteiger partial charge is 0.327 e. The van der Waals surface area contributed by atoms with Gasteiger partial charge < -0.3 is 15.5 Å². The van der Waals surface area contributed by atoms with Crippen LogP contribution in [0.25, 0.3) is 22.0 Å². The first-order chi connectivity index (χ1) is 14.7. The molecule has 0 aliphatic carbocycles. The highest BCUT2D eigenvalue weighted by atomic mass is 32.2. The van der Waals surface area contributed by atoms with Gasteiger partial charge in [0.25, 0.3) is 0 Å². The number of nitrogens with one attached hydrogen (secondary N) is 1. The number of hydrogen-bond donors (Lipinski definition) is 2. The molecule has 160 valence electrons. The molecule has 5 heteroatoms.